The number of nitrogens with one attached hydrogen (secondary N) is 2. The van der Waals surface area contributed by atoms with E-state index in [1.165, 1.54) is 24.3 Å². The molecule has 2 amide bonds. The number of para-hydroxylation sites is 1. The number of hydrazine groups is 1. The summed E-state index contributed by atoms with van der Waals surface area (Å²) in [5.74, 6) is -0.122. The average molecular weight is 328 g/mol. The summed E-state index contributed by atoms with van der Waals surface area (Å²) >= 11 is 0. The number of phenolic OH excluding ortho intramolecular Hbond substituents is 1. The maximum Gasteiger partial charge on any atom is 0.276 e. The summed E-state index contributed by atoms with van der Waals surface area (Å²) in [4.78, 5) is 23.6. The number of hydrogen-bond acceptors (Lipinski definition) is 4. The first-order valence-corrected chi connectivity index (χ1v) is 7.57. The molecule has 0 unspecified atom stereocenters. The maximum atomic E-state index is 11.8. The predicted octanol–water partition coefficient (Wildman–Crippen LogP) is 2.36. The van der Waals surface area contributed by atoms with Gasteiger partial charge in [-0.25, -0.2) is 0 Å². The van der Waals surface area contributed by atoms with Gasteiger partial charge in [-0.3, -0.25) is 20.4 Å². The highest BCUT2D eigenvalue weighted by Gasteiger charge is 2.11. The fourth-order valence-corrected chi connectivity index (χ4v) is 2.11. The second-order valence-electron chi connectivity index (χ2n) is 5.53. The number of ether oxygens (including phenoxy) is 1. The number of aromatic hydroxyl groups is 1. The molecule has 2 aromatic carbocycles. The van der Waals surface area contributed by atoms with E-state index in [2.05, 4.69) is 10.9 Å². The minimum atomic E-state index is -0.526. The lowest BCUT2D eigenvalue weighted by atomic mass is 10.0. The van der Waals surface area contributed by atoms with Crippen molar-refractivity contribution in [3.8, 4) is 11.5 Å². The minimum absolute atomic E-state index is 0.0254. The summed E-state index contributed by atoms with van der Waals surface area (Å²) < 4.78 is 5.51. The summed E-state index contributed by atoms with van der Waals surface area (Å²) in [6.45, 7) is 3.86. The number of phenols is 1. The number of rotatable bonds is 5. The molecule has 0 aliphatic rings. The number of benzene rings is 2. The van der Waals surface area contributed by atoms with Gasteiger partial charge in [-0.1, -0.05) is 38.1 Å². The van der Waals surface area contributed by atoms with E-state index < -0.39 is 11.8 Å². The SMILES string of the molecule is CC(C)c1ccccc1OCC(=O)NNC(=O)c1cccc(O)c1. The van der Waals surface area contributed by atoms with Gasteiger partial charge in [-0.15, -0.1) is 0 Å². The van der Waals surface area contributed by atoms with Gasteiger partial charge in [-0.2, -0.15) is 0 Å². The second kappa shape index (κ2) is 8.01. The molecule has 3 N–H and O–H groups in total. The molecule has 0 saturated heterocycles. The summed E-state index contributed by atoms with van der Waals surface area (Å²) in [5, 5.41) is 9.33. The van der Waals surface area contributed by atoms with E-state index in [1.54, 1.807) is 6.07 Å². The fraction of sp³-hybridized carbons (Fsp3) is 0.222. The lowest BCUT2D eigenvalue weighted by molar-refractivity contribution is -0.123. The van der Waals surface area contributed by atoms with Crippen molar-refractivity contribution in [2.45, 2.75) is 19.8 Å². The molecule has 2 rings (SSSR count). The van der Waals surface area contributed by atoms with Crippen LogP contribution in [0.25, 0.3) is 0 Å². The third kappa shape index (κ3) is 4.74. The Balaban J connectivity index is 1.85. The van der Waals surface area contributed by atoms with Gasteiger partial charge in [0, 0.05) is 5.56 Å². The van der Waals surface area contributed by atoms with E-state index in [4.69, 9.17) is 4.74 Å². The van der Waals surface area contributed by atoms with Crippen LogP contribution in [-0.2, 0) is 4.79 Å². The van der Waals surface area contributed by atoms with E-state index in [1.807, 2.05) is 32.0 Å². The first-order chi connectivity index (χ1) is 11.5. The van der Waals surface area contributed by atoms with Crippen molar-refractivity contribution in [2.24, 2.45) is 0 Å². The van der Waals surface area contributed by atoms with Crippen molar-refractivity contribution in [2.75, 3.05) is 6.61 Å². The number of carbonyl (C=O) groups is 2. The zero-order valence-corrected chi connectivity index (χ0v) is 13.6. The molecule has 0 bridgehead atoms. The van der Waals surface area contributed by atoms with Gasteiger partial charge in [-0.05, 0) is 35.7 Å². The van der Waals surface area contributed by atoms with Gasteiger partial charge >= 0.3 is 0 Å². The predicted molar refractivity (Wildman–Crippen MR) is 89.7 cm³/mol. The van der Waals surface area contributed by atoms with Crippen LogP contribution in [0.2, 0.25) is 0 Å². The van der Waals surface area contributed by atoms with Crippen LogP contribution >= 0.6 is 0 Å². The third-order valence-corrected chi connectivity index (χ3v) is 3.32. The average Bonchev–Trinajstić information content (AvgIpc) is 2.58. The summed E-state index contributed by atoms with van der Waals surface area (Å²) in [5.41, 5.74) is 5.79. The molecule has 0 heterocycles. The van der Waals surface area contributed by atoms with Crippen molar-refractivity contribution in [1.82, 2.24) is 10.9 Å². The molecule has 0 spiro atoms. The largest absolute Gasteiger partial charge is 0.508 e. The lowest BCUT2D eigenvalue weighted by Crippen LogP contribution is -2.43. The second-order valence-corrected chi connectivity index (χ2v) is 5.53. The quantitative estimate of drug-likeness (QED) is 0.735. The maximum absolute atomic E-state index is 11.8. The van der Waals surface area contributed by atoms with Gasteiger partial charge in [0.2, 0.25) is 0 Å². The third-order valence-electron chi connectivity index (χ3n) is 3.32. The smallest absolute Gasteiger partial charge is 0.276 e. The molecule has 24 heavy (non-hydrogen) atoms. The Morgan fingerprint density at radius 1 is 1.08 bits per heavy atom. The Bertz CT molecular complexity index is 728. The van der Waals surface area contributed by atoms with Crippen LogP contribution in [0.4, 0.5) is 0 Å². The molecule has 0 aliphatic heterocycles. The number of carbonyl (C=O) groups excluding carboxylic acids is 2. The van der Waals surface area contributed by atoms with Gasteiger partial charge in [0.15, 0.2) is 6.61 Å². The highest BCUT2D eigenvalue weighted by atomic mass is 16.5. The van der Waals surface area contributed by atoms with Crippen molar-refractivity contribution >= 4 is 11.8 Å². The van der Waals surface area contributed by atoms with Crippen molar-refractivity contribution in [1.29, 1.82) is 0 Å². The summed E-state index contributed by atoms with van der Waals surface area (Å²) in [7, 11) is 0. The first-order valence-electron chi connectivity index (χ1n) is 7.57. The van der Waals surface area contributed by atoms with Crippen LogP contribution in [-0.4, -0.2) is 23.5 Å². The molecule has 0 radical (unpaired) electrons. The molecule has 0 atom stereocenters. The van der Waals surface area contributed by atoms with E-state index in [9.17, 15) is 14.7 Å². The molecule has 0 fully saturated rings. The van der Waals surface area contributed by atoms with E-state index in [-0.39, 0.29) is 23.8 Å². The molecule has 0 saturated carbocycles. The van der Waals surface area contributed by atoms with Gasteiger partial charge in [0.1, 0.15) is 11.5 Å². The number of amides is 2. The Kier molecular flexibility index (Phi) is 5.78. The van der Waals surface area contributed by atoms with E-state index >= 15 is 0 Å². The van der Waals surface area contributed by atoms with Crippen LogP contribution in [0.15, 0.2) is 48.5 Å². The van der Waals surface area contributed by atoms with Crippen LogP contribution in [0.5, 0.6) is 11.5 Å². The first kappa shape index (κ1) is 17.3. The monoisotopic (exact) mass is 328 g/mol. The van der Waals surface area contributed by atoms with Crippen molar-refractivity contribution in [3.63, 3.8) is 0 Å². The summed E-state index contributed by atoms with van der Waals surface area (Å²) in [6, 6.07) is 13.3. The van der Waals surface area contributed by atoms with E-state index in [0.717, 1.165) is 5.56 Å². The molecular formula is C18H20N2O4. The molecule has 0 aromatic heterocycles. The molecule has 6 heteroatoms. The summed E-state index contributed by atoms with van der Waals surface area (Å²) in [6.07, 6.45) is 0. The van der Waals surface area contributed by atoms with Crippen LogP contribution in [0.1, 0.15) is 35.7 Å². The Morgan fingerprint density at radius 2 is 1.83 bits per heavy atom. The van der Waals surface area contributed by atoms with Crippen molar-refractivity contribution < 1.29 is 19.4 Å². The molecule has 2 aromatic rings. The molecule has 6 nitrogen and oxygen atoms in total. The minimum Gasteiger partial charge on any atom is -0.508 e. The van der Waals surface area contributed by atoms with Crippen LogP contribution in [0.3, 0.4) is 0 Å². The van der Waals surface area contributed by atoms with Gasteiger partial charge < -0.3 is 9.84 Å². The number of hydrogen-bond donors (Lipinski definition) is 3. The zero-order chi connectivity index (χ0) is 17.5. The van der Waals surface area contributed by atoms with Gasteiger partial charge in [0.25, 0.3) is 11.8 Å². The zero-order valence-electron chi connectivity index (χ0n) is 13.6. The lowest BCUT2D eigenvalue weighted by Gasteiger charge is -2.14. The van der Waals surface area contributed by atoms with Crippen LogP contribution < -0.4 is 15.6 Å². The standard InChI is InChI=1S/C18H20N2O4/c1-12(2)15-8-3-4-9-16(15)24-11-17(22)19-20-18(23)13-6-5-7-14(21)10-13/h3-10,12,21H,11H2,1-2H3,(H,19,22)(H,20,23). The molecule has 126 valence electrons. The Labute approximate surface area is 140 Å². The van der Waals surface area contributed by atoms with E-state index in [0.29, 0.717) is 5.75 Å². The normalized spacial score (nSPS) is 10.3. The van der Waals surface area contributed by atoms with Gasteiger partial charge in [0.05, 0.1) is 0 Å². The Morgan fingerprint density at radius 3 is 2.54 bits per heavy atom. The fourth-order valence-electron chi connectivity index (χ4n) is 2.11. The van der Waals surface area contributed by atoms with Crippen LogP contribution in [0, 0.1) is 0 Å². The Hall–Kier alpha value is -3.02. The molecule has 0 aliphatic carbocycles. The highest BCUT2D eigenvalue weighted by Crippen LogP contribution is 2.25. The topological polar surface area (TPSA) is 87.7 Å². The highest BCUT2D eigenvalue weighted by molar-refractivity contribution is 5.95. The van der Waals surface area contributed by atoms with Crippen molar-refractivity contribution in [3.05, 3.63) is 59.7 Å². The molecular weight excluding hydrogens is 308 g/mol.